The number of carbonyl (C=O) groups is 3. The van der Waals surface area contributed by atoms with Gasteiger partial charge in [-0.25, -0.2) is 7.91 Å². The Morgan fingerprint density at radius 2 is 1.87 bits per heavy atom. The van der Waals surface area contributed by atoms with E-state index >= 15 is 0 Å². The molecule has 0 bridgehead atoms. The third-order valence-corrected chi connectivity index (χ3v) is 2.36. The second kappa shape index (κ2) is 4.64. The molecule has 0 aromatic rings. The van der Waals surface area contributed by atoms with Crippen LogP contribution in [0.25, 0.3) is 0 Å². The largest absolute Gasteiger partial charge is 0.432 e. The number of halogens is 1. The van der Waals surface area contributed by atoms with Crippen molar-refractivity contribution in [3.63, 3.8) is 0 Å². The van der Waals surface area contributed by atoms with E-state index in [1.165, 1.54) is 6.92 Å². The molecule has 7 nitrogen and oxygen atoms in total. The van der Waals surface area contributed by atoms with Crippen LogP contribution in [0.15, 0.2) is 0 Å². The van der Waals surface area contributed by atoms with E-state index in [-0.39, 0.29) is 0 Å². The summed E-state index contributed by atoms with van der Waals surface area (Å²) in [6.45, 7) is 2.34. The fourth-order valence-electron chi connectivity index (χ4n) is 0.936. The third kappa shape index (κ3) is 2.94. The number of carbonyl (C=O) groups excluding carboxylic acids is 3. The van der Waals surface area contributed by atoms with Gasteiger partial charge >= 0.3 is 24.3 Å². The lowest BCUT2D eigenvalue weighted by molar-refractivity contribution is -0.187. The van der Waals surface area contributed by atoms with E-state index in [0.717, 1.165) is 10.0 Å². The minimum Gasteiger partial charge on any atom is -0.432 e. The zero-order valence-corrected chi connectivity index (χ0v) is 10.1. The van der Waals surface area contributed by atoms with Gasteiger partial charge in [0.2, 0.25) is 0 Å². The van der Waals surface area contributed by atoms with E-state index in [1.807, 2.05) is 0 Å². The number of ether oxygens (including phenoxy) is 3. The maximum absolute atomic E-state index is 11.1. The maximum Gasteiger partial charge on any atom is 0.425 e. The lowest BCUT2D eigenvalue weighted by atomic mass is 10.5. The molecular weight excluding hydrogens is 321 g/mol. The maximum atomic E-state index is 11.1. The van der Waals surface area contributed by atoms with Crippen LogP contribution in [0.2, 0.25) is 0 Å². The normalized spacial score (nSPS) is 24.7. The van der Waals surface area contributed by atoms with Crippen molar-refractivity contribution < 1.29 is 28.6 Å². The van der Waals surface area contributed by atoms with Crippen molar-refractivity contribution in [3.05, 3.63) is 0 Å². The smallest absolute Gasteiger partial charge is 0.425 e. The van der Waals surface area contributed by atoms with Crippen molar-refractivity contribution in [2.75, 3.05) is 0 Å². The second-order valence-corrected chi connectivity index (χ2v) is 3.71. The molecule has 0 N–H and O–H groups in total. The molecule has 84 valence electrons. The molecule has 1 heterocycles. The quantitative estimate of drug-likeness (QED) is 0.418. The molecule has 0 radical (unpaired) electrons. The SMILES string of the molecule is CC(=O)OC1OC(=O)N(I)C1OC(C)=O. The first-order valence-corrected chi connectivity index (χ1v) is 4.88. The third-order valence-electron chi connectivity index (χ3n) is 1.42. The fraction of sp³-hybridized carbons (Fsp3) is 0.571. The number of amides is 1. The first kappa shape index (κ1) is 12.0. The van der Waals surface area contributed by atoms with E-state index in [1.54, 1.807) is 22.9 Å². The van der Waals surface area contributed by atoms with Crippen LogP contribution in [0.4, 0.5) is 4.79 Å². The van der Waals surface area contributed by atoms with Crippen LogP contribution < -0.4 is 0 Å². The predicted octanol–water partition coefficient (Wildman–Crippen LogP) is 0.567. The Labute approximate surface area is 99.1 Å². The average Bonchev–Trinajstić information content (AvgIpc) is 2.31. The van der Waals surface area contributed by atoms with Gasteiger partial charge in [-0.05, 0) is 0 Å². The molecule has 2 unspecified atom stereocenters. The van der Waals surface area contributed by atoms with Crippen LogP contribution in [-0.2, 0) is 23.8 Å². The number of nitrogens with zero attached hydrogens (tertiary/aromatic N) is 1. The number of hydrogen-bond acceptors (Lipinski definition) is 6. The summed E-state index contributed by atoms with van der Waals surface area (Å²) in [4.78, 5) is 32.5. The molecule has 0 aromatic carbocycles. The summed E-state index contributed by atoms with van der Waals surface area (Å²) >= 11 is 1.61. The molecule has 1 saturated heterocycles. The summed E-state index contributed by atoms with van der Waals surface area (Å²) in [6, 6.07) is 0. The van der Waals surface area contributed by atoms with Gasteiger partial charge in [0.1, 0.15) is 0 Å². The zero-order valence-electron chi connectivity index (χ0n) is 7.93. The van der Waals surface area contributed by atoms with Gasteiger partial charge in [-0.2, -0.15) is 0 Å². The van der Waals surface area contributed by atoms with Crippen molar-refractivity contribution >= 4 is 40.9 Å². The lowest BCUT2D eigenvalue weighted by Gasteiger charge is -2.18. The van der Waals surface area contributed by atoms with E-state index < -0.39 is 30.5 Å². The van der Waals surface area contributed by atoms with Gasteiger partial charge in [0, 0.05) is 13.8 Å². The molecule has 0 saturated carbocycles. The molecule has 1 rings (SSSR count). The Hall–Kier alpha value is -1.06. The molecule has 15 heavy (non-hydrogen) atoms. The summed E-state index contributed by atoms with van der Waals surface area (Å²) in [5.74, 6) is -1.23. The van der Waals surface area contributed by atoms with Crippen molar-refractivity contribution in [3.8, 4) is 0 Å². The van der Waals surface area contributed by atoms with Gasteiger partial charge in [-0.3, -0.25) is 9.59 Å². The van der Waals surface area contributed by atoms with E-state index in [0.29, 0.717) is 0 Å². The van der Waals surface area contributed by atoms with E-state index in [4.69, 9.17) is 4.74 Å². The Morgan fingerprint density at radius 1 is 1.33 bits per heavy atom. The Kier molecular flexibility index (Phi) is 3.72. The molecular formula is C7H8INO6. The molecule has 1 aliphatic rings. The zero-order chi connectivity index (χ0) is 11.6. The highest BCUT2D eigenvalue weighted by Crippen LogP contribution is 2.25. The Bertz CT molecular complexity index is 304. The minimum atomic E-state index is -1.21. The van der Waals surface area contributed by atoms with Gasteiger partial charge in [0.05, 0.1) is 22.9 Å². The first-order valence-electron chi connectivity index (χ1n) is 3.92. The molecule has 0 aliphatic carbocycles. The molecule has 1 fully saturated rings. The van der Waals surface area contributed by atoms with Crippen molar-refractivity contribution in [1.29, 1.82) is 0 Å². The highest BCUT2D eigenvalue weighted by Gasteiger charge is 2.45. The number of cyclic esters (lactones) is 1. The molecule has 8 heteroatoms. The van der Waals surface area contributed by atoms with Crippen LogP contribution in [0, 0.1) is 0 Å². The summed E-state index contributed by atoms with van der Waals surface area (Å²) in [5, 5.41) is 0. The number of hydrogen-bond donors (Lipinski definition) is 0. The van der Waals surface area contributed by atoms with Gasteiger partial charge in [-0.15, -0.1) is 0 Å². The molecule has 1 aliphatic heterocycles. The summed E-state index contributed by atoms with van der Waals surface area (Å²) in [6.07, 6.45) is -2.98. The Balaban J connectivity index is 2.72. The number of rotatable bonds is 2. The van der Waals surface area contributed by atoms with Crippen LogP contribution in [-0.4, -0.2) is 33.7 Å². The average molecular weight is 329 g/mol. The summed E-state index contributed by atoms with van der Waals surface area (Å²) in [7, 11) is 0. The molecule has 1 amide bonds. The topological polar surface area (TPSA) is 82.1 Å². The van der Waals surface area contributed by atoms with Gasteiger partial charge in [-0.1, -0.05) is 0 Å². The number of esters is 2. The summed E-state index contributed by atoms with van der Waals surface area (Å²) in [5.41, 5.74) is 0. The van der Waals surface area contributed by atoms with Gasteiger partial charge < -0.3 is 14.2 Å². The van der Waals surface area contributed by atoms with Crippen molar-refractivity contribution in [1.82, 2.24) is 3.11 Å². The highest BCUT2D eigenvalue weighted by molar-refractivity contribution is 14.1. The van der Waals surface area contributed by atoms with Crippen LogP contribution >= 0.6 is 22.9 Å². The van der Waals surface area contributed by atoms with Crippen LogP contribution in [0.5, 0.6) is 0 Å². The van der Waals surface area contributed by atoms with E-state index in [2.05, 4.69) is 9.47 Å². The highest BCUT2D eigenvalue weighted by atomic mass is 127. The van der Waals surface area contributed by atoms with E-state index in [9.17, 15) is 14.4 Å². The van der Waals surface area contributed by atoms with Crippen molar-refractivity contribution in [2.45, 2.75) is 26.4 Å². The predicted molar refractivity (Wildman–Crippen MR) is 53.4 cm³/mol. The van der Waals surface area contributed by atoms with Crippen LogP contribution in [0.1, 0.15) is 13.8 Å². The fourth-order valence-corrected chi connectivity index (χ4v) is 1.43. The monoisotopic (exact) mass is 329 g/mol. The Morgan fingerprint density at radius 3 is 2.33 bits per heavy atom. The van der Waals surface area contributed by atoms with Crippen molar-refractivity contribution in [2.24, 2.45) is 0 Å². The van der Waals surface area contributed by atoms with Gasteiger partial charge in [0.15, 0.2) is 0 Å². The lowest BCUT2D eigenvalue weighted by Crippen LogP contribution is -2.36. The van der Waals surface area contributed by atoms with Gasteiger partial charge in [0.25, 0.3) is 6.23 Å². The molecule has 0 spiro atoms. The summed E-state index contributed by atoms with van der Waals surface area (Å²) < 4.78 is 15.1. The standard InChI is InChI=1S/C7H8INO6/c1-3(10)13-5-6(14-4(2)11)15-7(12)9(5)8/h5-6H,1-2H3. The second-order valence-electron chi connectivity index (χ2n) is 2.67. The first-order chi connectivity index (χ1) is 6.91. The molecule has 0 aromatic heterocycles. The minimum absolute atomic E-state index is 0.600. The molecule has 2 atom stereocenters. The van der Waals surface area contributed by atoms with Crippen LogP contribution in [0.3, 0.4) is 0 Å².